The highest BCUT2D eigenvalue weighted by Crippen LogP contribution is 2.22. The second-order valence-corrected chi connectivity index (χ2v) is 6.17. The molecule has 0 saturated carbocycles. The number of carbonyl (C=O) groups excluding carboxylic acids is 1. The summed E-state index contributed by atoms with van der Waals surface area (Å²) in [5.41, 5.74) is 3.43. The van der Waals surface area contributed by atoms with E-state index in [1.165, 1.54) is 0 Å². The molecule has 126 valence electrons. The van der Waals surface area contributed by atoms with E-state index in [0.29, 0.717) is 6.54 Å². The van der Waals surface area contributed by atoms with Crippen molar-refractivity contribution < 1.29 is 9.53 Å². The molecule has 1 heterocycles. The fourth-order valence-corrected chi connectivity index (χ4v) is 3.02. The fourth-order valence-electron chi connectivity index (χ4n) is 3.02. The number of benzene rings is 2. The maximum absolute atomic E-state index is 12.2. The number of hydrogen-bond donors (Lipinski definition) is 2. The van der Waals surface area contributed by atoms with Gasteiger partial charge in [-0.3, -0.25) is 4.79 Å². The first-order valence-electron chi connectivity index (χ1n) is 8.48. The van der Waals surface area contributed by atoms with Gasteiger partial charge >= 0.3 is 0 Å². The lowest BCUT2D eigenvalue weighted by Gasteiger charge is -2.21. The van der Waals surface area contributed by atoms with Gasteiger partial charge in [-0.05, 0) is 54.8 Å². The van der Waals surface area contributed by atoms with E-state index in [1.807, 2.05) is 24.3 Å². The van der Waals surface area contributed by atoms with Crippen LogP contribution in [-0.4, -0.2) is 26.1 Å². The van der Waals surface area contributed by atoms with Gasteiger partial charge in [0.05, 0.1) is 7.11 Å². The molecule has 1 saturated heterocycles. The number of rotatable bonds is 5. The molecule has 2 N–H and O–H groups in total. The lowest BCUT2D eigenvalue weighted by atomic mass is 9.97. The quantitative estimate of drug-likeness (QED) is 0.889. The molecule has 0 aliphatic carbocycles. The Balaban J connectivity index is 1.56. The second kappa shape index (κ2) is 7.97. The Kier molecular flexibility index (Phi) is 5.49. The Labute approximate surface area is 143 Å². The molecule has 1 fully saturated rings. The highest BCUT2D eigenvalue weighted by atomic mass is 16.5. The van der Waals surface area contributed by atoms with E-state index in [2.05, 4.69) is 34.9 Å². The van der Waals surface area contributed by atoms with Crippen LogP contribution in [0.1, 0.15) is 18.4 Å². The van der Waals surface area contributed by atoms with Crippen molar-refractivity contribution in [2.45, 2.75) is 19.4 Å². The SMILES string of the molecule is COc1ccc(-c2ccc(CNC(=O)C3CCNCC3)cc2)cc1. The van der Waals surface area contributed by atoms with Crippen molar-refractivity contribution in [3.63, 3.8) is 0 Å². The van der Waals surface area contributed by atoms with Crippen molar-refractivity contribution in [2.24, 2.45) is 5.92 Å². The third kappa shape index (κ3) is 4.15. The number of carbonyl (C=O) groups is 1. The van der Waals surface area contributed by atoms with Gasteiger partial charge in [-0.1, -0.05) is 36.4 Å². The first-order chi connectivity index (χ1) is 11.8. The van der Waals surface area contributed by atoms with Gasteiger partial charge in [0.1, 0.15) is 5.75 Å². The van der Waals surface area contributed by atoms with E-state index in [9.17, 15) is 4.79 Å². The van der Waals surface area contributed by atoms with Crippen LogP contribution in [0.25, 0.3) is 11.1 Å². The number of hydrogen-bond acceptors (Lipinski definition) is 3. The predicted molar refractivity (Wildman–Crippen MR) is 95.9 cm³/mol. The minimum Gasteiger partial charge on any atom is -0.497 e. The third-order valence-electron chi connectivity index (χ3n) is 4.55. The van der Waals surface area contributed by atoms with Crippen LogP contribution in [0.5, 0.6) is 5.75 Å². The van der Waals surface area contributed by atoms with Gasteiger partial charge < -0.3 is 15.4 Å². The van der Waals surface area contributed by atoms with Crippen LogP contribution in [0.4, 0.5) is 0 Å². The Morgan fingerprint density at radius 2 is 1.62 bits per heavy atom. The largest absolute Gasteiger partial charge is 0.497 e. The zero-order valence-electron chi connectivity index (χ0n) is 14.0. The molecule has 2 aromatic carbocycles. The molecule has 1 aliphatic rings. The minimum absolute atomic E-state index is 0.157. The van der Waals surface area contributed by atoms with Crippen molar-refractivity contribution in [3.8, 4) is 16.9 Å². The zero-order valence-corrected chi connectivity index (χ0v) is 14.0. The molecule has 0 aromatic heterocycles. The first-order valence-corrected chi connectivity index (χ1v) is 8.48. The molecule has 0 unspecified atom stereocenters. The molecule has 4 heteroatoms. The van der Waals surface area contributed by atoms with Gasteiger partial charge in [0.15, 0.2) is 0 Å². The summed E-state index contributed by atoms with van der Waals surface area (Å²) < 4.78 is 5.18. The normalized spacial score (nSPS) is 15.0. The van der Waals surface area contributed by atoms with E-state index < -0.39 is 0 Å². The van der Waals surface area contributed by atoms with E-state index >= 15 is 0 Å². The van der Waals surface area contributed by atoms with Gasteiger partial charge in [-0.15, -0.1) is 0 Å². The lowest BCUT2D eigenvalue weighted by molar-refractivity contribution is -0.125. The van der Waals surface area contributed by atoms with Gasteiger partial charge in [0.25, 0.3) is 0 Å². The lowest BCUT2D eigenvalue weighted by Crippen LogP contribution is -2.37. The topological polar surface area (TPSA) is 50.4 Å². The Bertz CT molecular complexity index is 659. The van der Waals surface area contributed by atoms with Crippen molar-refractivity contribution in [3.05, 3.63) is 54.1 Å². The first kappa shape index (κ1) is 16.5. The smallest absolute Gasteiger partial charge is 0.223 e. The van der Waals surface area contributed by atoms with Gasteiger partial charge in [-0.25, -0.2) is 0 Å². The molecule has 1 amide bonds. The fraction of sp³-hybridized carbons (Fsp3) is 0.350. The second-order valence-electron chi connectivity index (χ2n) is 6.17. The number of amides is 1. The van der Waals surface area contributed by atoms with Crippen LogP contribution in [0.15, 0.2) is 48.5 Å². The van der Waals surface area contributed by atoms with Crippen LogP contribution in [0.3, 0.4) is 0 Å². The summed E-state index contributed by atoms with van der Waals surface area (Å²) in [5.74, 6) is 1.19. The number of nitrogens with one attached hydrogen (secondary N) is 2. The summed E-state index contributed by atoms with van der Waals surface area (Å²) in [4.78, 5) is 12.2. The van der Waals surface area contributed by atoms with Crippen LogP contribution in [0, 0.1) is 5.92 Å². The Morgan fingerprint density at radius 1 is 1.04 bits per heavy atom. The summed E-state index contributed by atoms with van der Waals surface area (Å²) in [7, 11) is 1.67. The number of methoxy groups -OCH3 is 1. The zero-order chi connectivity index (χ0) is 16.8. The number of piperidine rings is 1. The van der Waals surface area contributed by atoms with Crippen LogP contribution in [0.2, 0.25) is 0 Å². The van der Waals surface area contributed by atoms with Crippen molar-refractivity contribution in [2.75, 3.05) is 20.2 Å². The predicted octanol–water partition coefficient (Wildman–Crippen LogP) is 2.98. The van der Waals surface area contributed by atoms with Gasteiger partial charge in [0, 0.05) is 12.5 Å². The summed E-state index contributed by atoms with van der Waals surface area (Å²) in [6.07, 6.45) is 1.87. The van der Waals surface area contributed by atoms with Gasteiger partial charge in [-0.2, -0.15) is 0 Å². The van der Waals surface area contributed by atoms with Crippen LogP contribution in [-0.2, 0) is 11.3 Å². The van der Waals surface area contributed by atoms with Gasteiger partial charge in [0.2, 0.25) is 5.91 Å². The molecule has 0 radical (unpaired) electrons. The highest BCUT2D eigenvalue weighted by molar-refractivity contribution is 5.78. The minimum atomic E-state index is 0.157. The summed E-state index contributed by atoms with van der Waals surface area (Å²) in [6.45, 7) is 2.47. The summed E-state index contributed by atoms with van der Waals surface area (Å²) >= 11 is 0. The van der Waals surface area contributed by atoms with Crippen LogP contribution < -0.4 is 15.4 Å². The molecule has 0 bridgehead atoms. The molecular formula is C20H24N2O2. The van der Waals surface area contributed by atoms with E-state index in [0.717, 1.165) is 48.4 Å². The van der Waals surface area contributed by atoms with Crippen molar-refractivity contribution >= 4 is 5.91 Å². The van der Waals surface area contributed by atoms with Crippen molar-refractivity contribution in [1.82, 2.24) is 10.6 Å². The number of ether oxygens (including phenoxy) is 1. The molecule has 2 aromatic rings. The molecule has 4 nitrogen and oxygen atoms in total. The van der Waals surface area contributed by atoms with E-state index in [1.54, 1.807) is 7.11 Å². The average Bonchev–Trinajstić information content (AvgIpc) is 2.67. The molecule has 24 heavy (non-hydrogen) atoms. The average molecular weight is 324 g/mol. The molecular weight excluding hydrogens is 300 g/mol. The van der Waals surface area contributed by atoms with Crippen LogP contribution >= 0.6 is 0 Å². The van der Waals surface area contributed by atoms with E-state index in [-0.39, 0.29) is 11.8 Å². The third-order valence-corrected chi connectivity index (χ3v) is 4.55. The molecule has 0 atom stereocenters. The Morgan fingerprint density at radius 3 is 2.21 bits per heavy atom. The molecule has 1 aliphatic heterocycles. The maximum atomic E-state index is 12.2. The van der Waals surface area contributed by atoms with E-state index in [4.69, 9.17) is 4.74 Å². The molecule has 3 rings (SSSR count). The Hall–Kier alpha value is -2.33. The van der Waals surface area contributed by atoms with Crippen molar-refractivity contribution in [1.29, 1.82) is 0 Å². The summed E-state index contributed by atoms with van der Waals surface area (Å²) in [6, 6.07) is 16.3. The highest BCUT2D eigenvalue weighted by Gasteiger charge is 2.20. The maximum Gasteiger partial charge on any atom is 0.223 e. The molecule has 0 spiro atoms. The monoisotopic (exact) mass is 324 g/mol. The summed E-state index contributed by atoms with van der Waals surface area (Å²) in [5, 5.41) is 6.34. The standard InChI is InChI=1S/C20H24N2O2/c1-24-19-8-6-17(7-9-19)16-4-2-15(3-5-16)14-22-20(23)18-10-12-21-13-11-18/h2-9,18,21H,10-14H2,1H3,(H,22,23).